The lowest BCUT2D eigenvalue weighted by molar-refractivity contribution is -0.133. The van der Waals surface area contributed by atoms with Crippen LogP contribution < -0.4 is 26.6 Å². The van der Waals surface area contributed by atoms with Crippen molar-refractivity contribution < 1.29 is 29.1 Å². The average molecular weight is 684 g/mol. The van der Waals surface area contributed by atoms with Crippen LogP contribution in [0.2, 0.25) is 0 Å². The van der Waals surface area contributed by atoms with Crippen molar-refractivity contribution in [3.05, 3.63) is 24.3 Å². The van der Waals surface area contributed by atoms with Crippen molar-refractivity contribution in [3.63, 3.8) is 0 Å². The number of hydrogen-bond acceptors (Lipinski definition) is 8. The molecule has 272 valence electrons. The summed E-state index contributed by atoms with van der Waals surface area (Å²) in [6.45, 7) is 7.97. The molecule has 6 atom stereocenters. The van der Waals surface area contributed by atoms with Gasteiger partial charge in [0.05, 0.1) is 12.2 Å². The average Bonchev–Trinajstić information content (AvgIpc) is 3.79. The number of rotatable bonds is 16. The Bertz CT molecular complexity index is 1280. The number of carbonyl (C=O) groups excluding carboxylic acids is 5. The zero-order valence-electron chi connectivity index (χ0n) is 29.6. The third-order valence-corrected chi connectivity index (χ3v) is 10.2. The lowest BCUT2D eigenvalue weighted by Crippen LogP contribution is -2.60. The zero-order chi connectivity index (χ0) is 35.6. The van der Waals surface area contributed by atoms with Crippen LogP contribution in [0, 0.1) is 23.2 Å². The lowest BCUT2D eigenvalue weighted by atomic mass is 9.82. The number of hydrogen-bond donors (Lipinski definition) is 6. The minimum atomic E-state index is -1.30. The molecule has 0 radical (unpaired) electrons. The highest BCUT2D eigenvalue weighted by Gasteiger charge is 2.39. The molecule has 49 heavy (non-hydrogen) atoms. The SMILES string of the molecule is CCCC(NC(=O)C[C@H]1CCC[C@H]1CNC(=O)[C@@H](NC(=O)[C@H](NC(=O)c1cnccn1)C1CCCCC1)C(C)(C)C)C(O)C(=O)NC1CC1. The molecule has 3 aliphatic carbocycles. The molecular formula is C36H57N7O6. The van der Waals surface area contributed by atoms with Crippen LogP contribution in [0.4, 0.5) is 0 Å². The Morgan fingerprint density at radius 2 is 1.57 bits per heavy atom. The van der Waals surface area contributed by atoms with Gasteiger partial charge in [0.1, 0.15) is 17.8 Å². The molecule has 4 rings (SSSR count). The summed E-state index contributed by atoms with van der Waals surface area (Å²) >= 11 is 0. The van der Waals surface area contributed by atoms with E-state index in [2.05, 4.69) is 36.6 Å². The van der Waals surface area contributed by atoms with Crippen molar-refractivity contribution in [1.82, 2.24) is 36.6 Å². The molecule has 0 bridgehead atoms. The molecule has 1 heterocycles. The topological polar surface area (TPSA) is 192 Å². The Balaban J connectivity index is 1.34. The summed E-state index contributed by atoms with van der Waals surface area (Å²) < 4.78 is 0. The number of carbonyl (C=O) groups is 5. The fraction of sp³-hybridized carbons (Fsp3) is 0.750. The highest BCUT2D eigenvalue weighted by Crippen LogP contribution is 2.34. The van der Waals surface area contributed by atoms with E-state index < -0.39 is 47.4 Å². The van der Waals surface area contributed by atoms with Crippen molar-refractivity contribution >= 4 is 29.5 Å². The van der Waals surface area contributed by atoms with Crippen LogP contribution in [0.3, 0.4) is 0 Å². The molecule has 13 heteroatoms. The van der Waals surface area contributed by atoms with Gasteiger partial charge in [0.15, 0.2) is 6.10 Å². The lowest BCUT2D eigenvalue weighted by Gasteiger charge is -2.35. The van der Waals surface area contributed by atoms with Gasteiger partial charge in [-0.3, -0.25) is 29.0 Å². The van der Waals surface area contributed by atoms with Gasteiger partial charge in [0.25, 0.3) is 11.8 Å². The van der Waals surface area contributed by atoms with Crippen molar-refractivity contribution in [3.8, 4) is 0 Å². The summed E-state index contributed by atoms with van der Waals surface area (Å²) in [7, 11) is 0. The molecule has 3 saturated carbocycles. The standard InChI is InChI=1S/C36H57N7O6/c1-5-10-26(30(45)34(48)40-25-15-16-25)41-28(44)19-23-13-9-14-24(23)20-39-35(49)31(36(2,3)4)43-33(47)29(22-11-7-6-8-12-22)42-32(46)27-21-37-17-18-38-27/h17-18,21-26,29-31,45H,5-16,19-20H2,1-4H3,(H,39,49)(H,40,48)(H,41,44)(H,42,46)(H,43,47)/t23-,24+,26?,29-,30?,31-/m1/s1. The van der Waals surface area contributed by atoms with E-state index in [1.807, 2.05) is 27.7 Å². The van der Waals surface area contributed by atoms with Gasteiger partial charge in [-0.2, -0.15) is 0 Å². The first kappa shape index (κ1) is 38.2. The predicted octanol–water partition coefficient (Wildman–Crippen LogP) is 2.53. The number of nitrogens with one attached hydrogen (secondary N) is 5. The first-order chi connectivity index (χ1) is 23.4. The van der Waals surface area contributed by atoms with E-state index >= 15 is 0 Å². The van der Waals surface area contributed by atoms with Gasteiger partial charge >= 0.3 is 0 Å². The molecule has 13 nitrogen and oxygen atoms in total. The van der Waals surface area contributed by atoms with Crippen molar-refractivity contribution in [2.75, 3.05) is 6.54 Å². The van der Waals surface area contributed by atoms with Gasteiger partial charge in [-0.15, -0.1) is 0 Å². The van der Waals surface area contributed by atoms with E-state index in [9.17, 15) is 29.1 Å². The summed E-state index contributed by atoms with van der Waals surface area (Å²) in [5.74, 6) is -1.80. The minimum absolute atomic E-state index is 0.0367. The molecule has 3 fully saturated rings. The first-order valence-electron chi connectivity index (χ1n) is 18.3. The highest BCUT2D eigenvalue weighted by atomic mass is 16.3. The maximum absolute atomic E-state index is 13.9. The Morgan fingerprint density at radius 3 is 2.20 bits per heavy atom. The normalized spacial score (nSPS) is 22.2. The molecule has 2 unspecified atom stereocenters. The van der Waals surface area contributed by atoms with Gasteiger partial charge < -0.3 is 31.7 Å². The summed E-state index contributed by atoms with van der Waals surface area (Å²) in [5.41, 5.74) is -0.501. The fourth-order valence-corrected chi connectivity index (χ4v) is 7.21. The van der Waals surface area contributed by atoms with Crippen LogP contribution in [0.5, 0.6) is 0 Å². The van der Waals surface area contributed by atoms with Gasteiger partial charge in [-0.1, -0.05) is 59.8 Å². The number of aliphatic hydroxyl groups is 1. The smallest absolute Gasteiger partial charge is 0.272 e. The van der Waals surface area contributed by atoms with Gasteiger partial charge in [-0.25, -0.2) is 4.98 Å². The third kappa shape index (κ3) is 11.5. The van der Waals surface area contributed by atoms with Crippen LogP contribution in [0.1, 0.15) is 122 Å². The molecule has 0 aromatic carbocycles. The van der Waals surface area contributed by atoms with Crippen molar-refractivity contribution in [2.24, 2.45) is 23.2 Å². The number of nitrogens with zero attached hydrogens (tertiary/aromatic N) is 2. The molecule has 0 spiro atoms. The van der Waals surface area contributed by atoms with E-state index in [4.69, 9.17) is 0 Å². The highest BCUT2D eigenvalue weighted by molar-refractivity contribution is 5.97. The minimum Gasteiger partial charge on any atom is -0.381 e. The molecular weight excluding hydrogens is 626 g/mol. The van der Waals surface area contributed by atoms with E-state index in [1.54, 1.807) is 0 Å². The Labute approximate surface area is 290 Å². The third-order valence-electron chi connectivity index (χ3n) is 10.2. The number of aromatic nitrogens is 2. The molecule has 0 saturated heterocycles. The van der Waals surface area contributed by atoms with Crippen LogP contribution in [0.25, 0.3) is 0 Å². The monoisotopic (exact) mass is 683 g/mol. The van der Waals surface area contributed by atoms with Gasteiger partial charge in [-0.05, 0) is 68.1 Å². The molecule has 5 amide bonds. The second-order valence-corrected chi connectivity index (χ2v) is 15.3. The molecule has 1 aromatic rings. The second-order valence-electron chi connectivity index (χ2n) is 15.3. The van der Waals surface area contributed by atoms with E-state index in [-0.39, 0.29) is 47.7 Å². The Hall–Kier alpha value is -3.61. The van der Waals surface area contributed by atoms with Crippen LogP contribution in [-0.2, 0) is 19.2 Å². The van der Waals surface area contributed by atoms with Crippen molar-refractivity contribution in [1.29, 1.82) is 0 Å². The summed E-state index contributed by atoms with van der Waals surface area (Å²) in [4.78, 5) is 74.2. The number of amides is 5. The summed E-state index contributed by atoms with van der Waals surface area (Å²) in [6.07, 6.45) is 13.5. The van der Waals surface area contributed by atoms with E-state index in [1.165, 1.54) is 18.6 Å². The fourth-order valence-electron chi connectivity index (χ4n) is 7.21. The predicted molar refractivity (Wildman–Crippen MR) is 184 cm³/mol. The van der Waals surface area contributed by atoms with Gasteiger partial charge in [0, 0.05) is 31.4 Å². The molecule has 6 N–H and O–H groups in total. The maximum Gasteiger partial charge on any atom is 0.272 e. The number of aliphatic hydroxyl groups excluding tert-OH is 1. The first-order valence-corrected chi connectivity index (χ1v) is 18.3. The largest absolute Gasteiger partial charge is 0.381 e. The maximum atomic E-state index is 13.9. The Kier molecular flexibility index (Phi) is 13.9. The molecule has 0 aliphatic heterocycles. The van der Waals surface area contributed by atoms with Crippen LogP contribution >= 0.6 is 0 Å². The summed E-state index contributed by atoms with van der Waals surface area (Å²) in [5, 5.41) is 25.3. The second kappa shape index (κ2) is 17.9. The quantitative estimate of drug-likeness (QED) is 0.153. The molecule has 1 aromatic heterocycles. The zero-order valence-corrected chi connectivity index (χ0v) is 29.6. The summed E-state index contributed by atoms with van der Waals surface area (Å²) in [6, 6.07) is -2.22. The van der Waals surface area contributed by atoms with E-state index in [0.29, 0.717) is 19.4 Å². The Morgan fingerprint density at radius 1 is 0.857 bits per heavy atom. The van der Waals surface area contributed by atoms with E-state index in [0.717, 1.165) is 64.2 Å². The van der Waals surface area contributed by atoms with Crippen molar-refractivity contribution in [2.45, 2.75) is 141 Å². The van der Waals surface area contributed by atoms with Crippen LogP contribution in [0.15, 0.2) is 18.6 Å². The van der Waals surface area contributed by atoms with Crippen LogP contribution in [-0.4, -0.2) is 81.4 Å². The van der Waals surface area contributed by atoms with Gasteiger partial charge in [0.2, 0.25) is 17.7 Å². The molecule has 3 aliphatic rings.